The molecule has 8 heteroatoms. The third-order valence-corrected chi connectivity index (χ3v) is 6.22. The van der Waals surface area contributed by atoms with Crippen LogP contribution in [-0.2, 0) is 0 Å². The van der Waals surface area contributed by atoms with E-state index in [9.17, 15) is 23.1 Å². The monoisotopic (exact) mass is 398 g/mol. The summed E-state index contributed by atoms with van der Waals surface area (Å²) in [6, 6.07) is 5.38. The van der Waals surface area contributed by atoms with E-state index in [-0.39, 0.29) is 42.3 Å². The molecule has 154 valence electrons. The van der Waals surface area contributed by atoms with Crippen molar-refractivity contribution in [2.45, 2.75) is 50.6 Å². The van der Waals surface area contributed by atoms with Gasteiger partial charge in [-0.2, -0.15) is 0 Å². The highest BCUT2D eigenvalue weighted by atomic mass is 19.4. The van der Waals surface area contributed by atoms with Crippen molar-refractivity contribution >= 4 is 6.03 Å². The van der Waals surface area contributed by atoms with Crippen LogP contribution in [0.2, 0.25) is 0 Å². The average molecular weight is 398 g/mol. The van der Waals surface area contributed by atoms with E-state index < -0.39 is 6.36 Å². The maximum absolute atomic E-state index is 13.0. The topological polar surface area (TPSA) is 61.8 Å². The number of aliphatic hydroxyl groups is 1. The van der Waals surface area contributed by atoms with E-state index in [1.807, 2.05) is 4.90 Å². The fourth-order valence-corrected chi connectivity index (χ4v) is 4.79. The molecule has 5 nitrogen and oxygen atoms in total. The maximum Gasteiger partial charge on any atom is 0.573 e. The van der Waals surface area contributed by atoms with Gasteiger partial charge in [0.05, 0.1) is 6.04 Å². The summed E-state index contributed by atoms with van der Waals surface area (Å²) in [6.07, 6.45) is 0.0402. The van der Waals surface area contributed by atoms with Crippen molar-refractivity contribution in [1.29, 1.82) is 0 Å². The number of urea groups is 1. The minimum Gasteiger partial charge on any atom is -0.406 e. The van der Waals surface area contributed by atoms with Crippen LogP contribution in [0.3, 0.4) is 0 Å². The summed E-state index contributed by atoms with van der Waals surface area (Å²) in [7, 11) is 0. The van der Waals surface area contributed by atoms with Gasteiger partial charge in [-0.25, -0.2) is 4.79 Å². The van der Waals surface area contributed by atoms with E-state index in [0.717, 1.165) is 32.1 Å². The molecule has 0 aromatic heterocycles. The van der Waals surface area contributed by atoms with Crippen LogP contribution in [0.5, 0.6) is 5.75 Å². The highest BCUT2D eigenvalue weighted by Crippen LogP contribution is 2.43. The molecular weight excluding hydrogens is 373 g/mol. The van der Waals surface area contributed by atoms with E-state index in [1.54, 1.807) is 6.07 Å². The highest BCUT2D eigenvalue weighted by molar-refractivity contribution is 5.75. The number of piperidine rings is 2. The van der Waals surface area contributed by atoms with E-state index in [0.29, 0.717) is 18.0 Å². The van der Waals surface area contributed by atoms with Crippen molar-refractivity contribution in [2.24, 2.45) is 17.8 Å². The zero-order valence-electron chi connectivity index (χ0n) is 15.5. The van der Waals surface area contributed by atoms with Crippen LogP contribution in [-0.4, -0.2) is 41.6 Å². The summed E-state index contributed by atoms with van der Waals surface area (Å²) in [5.74, 6) is 0.472. The van der Waals surface area contributed by atoms with E-state index in [4.69, 9.17) is 0 Å². The third kappa shape index (κ3) is 4.21. The van der Waals surface area contributed by atoms with Crippen LogP contribution in [0.1, 0.15) is 43.7 Å². The zero-order valence-corrected chi connectivity index (χ0v) is 15.5. The number of halogens is 3. The van der Waals surface area contributed by atoms with Crippen molar-refractivity contribution in [1.82, 2.24) is 10.2 Å². The number of ether oxygens (including phenoxy) is 1. The first-order valence-electron chi connectivity index (χ1n) is 9.87. The van der Waals surface area contributed by atoms with Crippen LogP contribution in [0.25, 0.3) is 0 Å². The molecule has 0 radical (unpaired) electrons. The Morgan fingerprint density at radius 2 is 2.07 bits per heavy atom. The van der Waals surface area contributed by atoms with Gasteiger partial charge in [-0.15, -0.1) is 13.2 Å². The van der Waals surface area contributed by atoms with Crippen LogP contribution in [0, 0.1) is 17.8 Å². The Hall–Kier alpha value is -1.96. The van der Waals surface area contributed by atoms with Gasteiger partial charge >= 0.3 is 12.4 Å². The van der Waals surface area contributed by atoms with Gasteiger partial charge in [-0.1, -0.05) is 12.1 Å². The highest BCUT2D eigenvalue weighted by Gasteiger charge is 2.44. The second-order valence-corrected chi connectivity index (χ2v) is 8.23. The predicted molar refractivity (Wildman–Crippen MR) is 95.5 cm³/mol. The summed E-state index contributed by atoms with van der Waals surface area (Å²) in [5, 5.41) is 12.7. The summed E-state index contributed by atoms with van der Waals surface area (Å²) < 4.78 is 41.6. The Kier molecular flexibility index (Phi) is 5.16. The van der Waals surface area contributed by atoms with Gasteiger partial charge < -0.3 is 20.1 Å². The van der Waals surface area contributed by atoms with E-state index in [2.05, 4.69) is 10.1 Å². The van der Waals surface area contributed by atoms with Gasteiger partial charge in [-0.05, 0) is 61.6 Å². The number of carbonyl (C=O) groups is 1. The van der Waals surface area contributed by atoms with Crippen LogP contribution < -0.4 is 10.1 Å². The summed E-state index contributed by atoms with van der Waals surface area (Å²) >= 11 is 0. The van der Waals surface area contributed by atoms with E-state index >= 15 is 0 Å². The van der Waals surface area contributed by atoms with Crippen molar-refractivity contribution in [3.8, 4) is 5.75 Å². The second-order valence-electron chi connectivity index (χ2n) is 8.23. The zero-order chi connectivity index (χ0) is 19.9. The molecule has 1 aromatic rings. The molecule has 4 atom stereocenters. The molecule has 2 saturated carbocycles. The Bertz CT molecular complexity index is 723. The van der Waals surface area contributed by atoms with Gasteiger partial charge in [0, 0.05) is 25.1 Å². The molecule has 1 aromatic carbocycles. The lowest BCUT2D eigenvalue weighted by Gasteiger charge is -2.49. The lowest BCUT2D eigenvalue weighted by Crippen LogP contribution is -2.59. The SMILES string of the molecule is O=C(NC(c1cccc(OC(F)(F)F)c1)C1CC1)N1CC2CCC1C(CO)C2. The molecule has 2 heterocycles. The number of amides is 2. The Morgan fingerprint density at radius 1 is 1.29 bits per heavy atom. The first-order valence-corrected chi connectivity index (χ1v) is 9.87. The fraction of sp³-hybridized carbons (Fsp3) is 0.650. The fourth-order valence-electron chi connectivity index (χ4n) is 4.79. The quantitative estimate of drug-likeness (QED) is 0.792. The first-order chi connectivity index (χ1) is 13.3. The standard InChI is InChI=1S/C20H25F3N2O3/c21-20(22,23)28-16-3-1-2-14(9-16)18(13-5-6-13)24-19(27)25-10-12-4-7-17(25)15(8-12)11-26/h1-3,9,12-13,15,17-18,26H,4-8,10-11H2,(H,24,27). The maximum atomic E-state index is 13.0. The Balaban J connectivity index is 1.49. The second kappa shape index (κ2) is 7.46. The molecule has 4 unspecified atom stereocenters. The minimum atomic E-state index is -4.75. The number of carbonyl (C=O) groups excluding carboxylic acids is 1. The number of fused-ring (bicyclic) bond motifs is 3. The molecule has 5 rings (SSSR count). The number of benzene rings is 1. The van der Waals surface area contributed by atoms with Gasteiger partial charge in [0.15, 0.2) is 0 Å². The molecule has 4 aliphatic rings. The number of nitrogens with zero attached hydrogens (tertiary/aromatic N) is 1. The number of rotatable bonds is 5. The number of hydrogen-bond donors (Lipinski definition) is 2. The summed E-state index contributed by atoms with van der Waals surface area (Å²) in [4.78, 5) is 14.8. The van der Waals surface area contributed by atoms with Gasteiger partial charge in [0.25, 0.3) is 0 Å². The lowest BCUT2D eigenvalue weighted by atomic mass is 9.73. The number of aliphatic hydroxyl groups excluding tert-OH is 1. The van der Waals surface area contributed by atoms with Gasteiger partial charge in [0.2, 0.25) is 0 Å². The average Bonchev–Trinajstić information content (AvgIpc) is 3.50. The van der Waals surface area contributed by atoms with Gasteiger partial charge in [0.1, 0.15) is 5.75 Å². The summed E-state index contributed by atoms with van der Waals surface area (Å²) in [6.45, 7) is 0.759. The predicted octanol–water partition coefficient (Wildman–Crippen LogP) is 3.84. The van der Waals surface area contributed by atoms with Crippen molar-refractivity contribution < 1.29 is 27.8 Å². The van der Waals surface area contributed by atoms with Crippen LogP contribution in [0.4, 0.5) is 18.0 Å². The molecule has 2 aliphatic carbocycles. The van der Waals surface area contributed by atoms with Crippen LogP contribution in [0.15, 0.2) is 24.3 Å². The van der Waals surface area contributed by atoms with E-state index in [1.165, 1.54) is 18.2 Å². The molecule has 2 amide bonds. The molecule has 2 bridgehead atoms. The molecule has 0 spiro atoms. The van der Waals surface area contributed by atoms with Crippen LogP contribution >= 0.6 is 0 Å². The number of alkyl halides is 3. The number of hydrogen-bond acceptors (Lipinski definition) is 3. The molecule has 28 heavy (non-hydrogen) atoms. The van der Waals surface area contributed by atoms with Crippen molar-refractivity contribution in [3.63, 3.8) is 0 Å². The molecule has 2 aliphatic heterocycles. The normalized spacial score (nSPS) is 28.1. The Labute approximate surface area is 161 Å². The largest absolute Gasteiger partial charge is 0.573 e. The molecular formula is C20H25F3N2O3. The minimum absolute atomic E-state index is 0.0368. The Morgan fingerprint density at radius 3 is 2.71 bits per heavy atom. The van der Waals surface area contributed by atoms with Crippen molar-refractivity contribution in [2.75, 3.05) is 13.2 Å². The summed E-state index contributed by atoms with van der Waals surface area (Å²) in [5.41, 5.74) is 0.624. The smallest absolute Gasteiger partial charge is 0.406 e. The third-order valence-electron chi connectivity index (χ3n) is 6.22. The van der Waals surface area contributed by atoms with Crippen molar-refractivity contribution in [3.05, 3.63) is 29.8 Å². The van der Waals surface area contributed by atoms with Gasteiger partial charge in [-0.3, -0.25) is 0 Å². The molecule has 2 saturated heterocycles. The molecule has 4 fully saturated rings. The molecule has 2 N–H and O–H groups in total. The lowest BCUT2D eigenvalue weighted by molar-refractivity contribution is -0.274. The first kappa shape index (κ1) is 19.4. The number of nitrogens with one attached hydrogen (secondary N) is 1.